The molecule has 1 aliphatic heterocycles. The average molecular weight is 237 g/mol. The minimum atomic E-state index is 0.699. The molecule has 4 nitrogen and oxygen atoms in total. The van der Waals surface area contributed by atoms with Crippen LogP contribution in [0.4, 0.5) is 5.69 Å². The minimum absolute atomic E-state index is 0.699. The van der Waals surface area contributed by atoms with Gasteiger partial charge in [-0.15, -0.1) is 0 Å². The number of nitrogens with zero attached hydrogens (tertiary/aromatic N) is 1. The highest BCUT2D eigenvalue weighted by atomic mass is 16.5. The van der Waals surface area contributed by atoms with Crippen LogP contribution in [0.3, 0.4) is 0 Å². The number of morpholine rings is 1. The topological polar surface area (TPSA) is 44.5 Å². The fourth-order valence-corrected chi connectivity index (χ4v) is 2.00. The van der Waals surface area contributed by atoms with Crippen molar-refractivity contribution in [1.29, 1.82) is 0 Å². The normalized spacial score (nSPS) is 18.9. The first-order valence-corrected chi connectivity index (χ1v) is 6.08. The van der Waals surface area contributed by atoms with Crippen molar-refractivity contribution in [2.45, 2.75) is 0 Å². The molecule has 0 aromatic heterocycles. The summed E-state index contributed by atoms with van der Waals surface area (Å²) < 4.78 is 12.1. The lowest BCUT2D eigenvalue weighted by atomic mass is 10.3. The summed E-state index contributed by atoms with van der Waals surface area (Å²) in [5, 5.41) is 0. The van der Waals surface area contributed by atoms with Gasteiger partial charge >= 0.3 is 0 Å². The summed E-state index contributed by atoms with van der Waals surface area (Å²) in [4.78, 5) is 0. The van der Waals surface area contributed by atoms with E-state index in [1.165, 1.54) is 0 Å². The van der Waals surface area contributed by atoms with E-state index in [1.807, 2.05) is 24.3 Å². The zero-order valence-electron chi connectivity index (χ0n) is 10.4. The molecule has 1 aliphatic rings. The maximum Gasteiger partial charge on any atom is 0.142 e. The molecule has 1 heterocycles. The van der Waals surface area contributed by atoms with Crippen LogP contribution in [0.15, 0.2) is 24.3 Å². The van der Waals surface area contributed by atoms with Crippen molar-refractivity contribution in [3.8, 4) is 5.75 Å². The molecule has 1 fully saturated rings. The molecule has 1 aromatic rings. The second-order valence-electron chi connectivity index (χ2n) is 4.79. The summed E-state index contributed by atoms with van der Waals surface area (Å²) in [6, 6.07) is 7.63. The molecule has 2 N–H and O–H groups in total. The predicted molar refractivity (Wildman–Crippen MR) is 68.0 cm³/mol. The van der Waals surface area contributed by atoms with Gasteiger partial charge in [-0.3, -0.25) is 0 Å². The van der Waals surface area contributed by atoms with Crippen molar-refractivity contribution in [2.75, 3.05) is 52.2 Å². The van der Waals surface area contributed by atoms with Crippen LogP contribution < -0.4 is 10.5 Å². The Hall–Kier alpha value is -1.26. The molecule has 0 atom stereocenters. The standard InChI is InChI=1S/C13H21N2O2/c1-15(6-9-16-10-7-15)8-11-17-13-5-3-2-4-12(13)14/h2-5H,6-11,14H2,1H3/q+1. The van der Waals surface area contributed by atoms with Crippen LogP contribution in [0.25, 0.3) is 0 Å². The summed E-state index contributed by atoms with van der Waals surface area (Å²) in [7, 11) is 2.25. The van der Waals surface area contributed by atoms with E-state index in [4.69, 9.17) is 15.2 Å². The molecule has 2 rings (SSSR count). The SMILES string of the molecule is C[N+]1(CCOc2ccccc2N)CCOCC1. The lowest BCUT2D eigenvalue weighted by molar-refractivity contribution is -0.916. The smallest absolute Gasteiger partial charge is 0.142 e. The van der Waals surface area contributed by atoms with E-state index in [2.05, 4.69) is 7.05 Å². The number of quaternary nitrogens is 1. The number of benzene rings is 1. The van der Waals surface area contributed by atoms with Gasteiger partial charge in [0.25, 0.3) is 0 Å². The van der Waals surface area contributed by atoms with Crippen molar-refractivity contribution >= 4 is 5.69 Å². The number of para-hydroxylation sites is 2. The highest BCUT2D eigenvalue weighted by Gasteiger charge is 2.24. The van der Waals surface area contributed by atoms with E-state index in [0.717, 1.165) is 43.1 Å². The summed E-state index contributed by atoms with van der Waals surface area (Å²) in [5.74, 6) is 0.785. The minimum Gasteiger partial charge on any atom is -0.486 e. The molecule has 0 saturated carbocycles. The number of likely N-dealkylation sites (N-methyl/N-ethyl adjacent to an activating group) is 1. The molecule has 4 heteroatoms. The zero-order valence-corrected chi connectivity index (χ0v) is 10.4. The van der Waals surface area contributed by atoms with Crippen molar-refractivity contribution in [3.63, 3.8) is 0 Å². The predicted octanol–water partition coefficient (Wildman–Crippen LogP) is 1.12. The Labute approximate surface area is 103 Å². The number of ether oxygens (including phenoxy) is 2. The third-order valence-electron chi connectivity index (χ3n) is 3.36. The van der Waals surface area contributed by atoms with Crippen LogP contribution in [0.5, 0.6) is 5.75 Å². The zero-order chi connectivity index (χ0) is 12.1. The molecule has 1 saturated heterocycles. The first-order chi connectivity index (χ1) is 8.20. The Morgan fingerprint density at radius 1 is 1.29 bits per heavy atom. The number of rotatable bonds is 4. The summed E-state index contributed by atoms with van der Waals surface area (Å²) >= 11 is 0. The molecule has 0 radical (unpaired) electrons. The number of nitrogens with two attached hydrogens (primary N) is 1. The van der Waals surface area contributed by atoms with Gasteiger partial charge in [0.1, 0.15) is 32.0 Å². The Bertz CT molecular complexity index is 362. The maximum atomic E-state index is 5.82. The summed E-state index contributed by atoms with van der Waals surface area (Å²) in [6.07, 6.45) is 0. The quantitative estimate of drug-likeness (QED) is 0.630. The van der Waals surface area contributed by atoms with Crippen LogP contribution in [0, 0.1) is 0 Å². The lowest BCUT2D eigenvalue weighted by Crippen LogP contribution is -2.53. The fraction of sp³-hybridized carbons (Fsp3) is 0.538. The summed E-state index contributed by atoms with van der Waals surface area (Å²) in [5.41, 5.74) is 6.53. The number of hydrogen-bond donors (Lipinski definition) is 1. The van der Waals surface area contributed by atoms with Crippen molar-refractivity contribution in [3.05, 3.63) is 24.3 Å². The van der Waals surface area contributed by atoms with Gasteiger partial charge in [0.2, 0.25) is 0 Å². The van der Waals surface area contributed by atoms with E-state index < -0.39 is 0 Å². The van der Waals surface area contributed by atoms with Gasteiger partial charge in [-0.2, -0.15) is 0 Å². The van der Waals surface area contributed by atoms with Crippen molar-refractivity contribution in [2.24, 2.45) is 0 Å². The van der Waals surface area contributed by atoms with Crippen LogP contribution in [-0.2, 0) is 4.74 Å². The van der Waals surface area contributed by atoms with E-state index in [9.17, 15) is 0 Å². The van der Waals surface area contributed by atoms with Crippen LogP contribution in [-0.4, -0.2) is 51.0 Å². The van der Waals surface area contributed by atoms with Gasteiger partial charge in [-0.05, 0) is 12.1 Å². The van der Waals surface area contributed by atoms with E-state index in [-0.39, 0.29) is 0 Å². The third-order valence-corrected chi connectivity index (χ3v) is 3.36. The van der Waals surface area contributed by atoms with E-state index in [0.29, 0.717) is 12.3 Å². The molecule has 0 unspecified atom stereocenters. The number of hydrogen-bond acceptors (Lipinski definition) is 3. The Morgan fingerprint density at radius 2 is 2.00 bits per heavy atom. The molecule has 1 aromatic carbocycles. The van der Waals surface area contributed by atoms with Gasteiger partial charge in [0.15, 0.2) is 0 Å². The van der Waals surface area contributed by atoms with Crippen LogP contribution in [0.2, 0.25) is 0 Å². The summed E-state index contributed by atoms with van der Waals surface area (Å²) in [6.45, 7) is 5.53. The highest BCUT2D eigenvalue weighted by molar-refractivity contribution is 5.51. The maximum absolute atomic E-state index is 5.82. The molecule has 0 amide bonds. The fourth-order valence-electron chi connectivity index (χ4n) is 2.00. The number of nitrogen functional groups attached to an aromatic ring is 1. The monoisotopic (exact) mass is 237 g/mol. The van der Waals surface area contributed by atoms with E-state index in [1.54, 1.807) is 0 Å². The van der Waals surface area contributed by atoms with Gasteiger partial charge < -0.3 is 19.7 Å². The van der Waals surface area contributed by atoms with Crippen LogP contribution >= 0.6 is 0 Å². The molecule has 17 heavy (non-hydrogen) atoms. The van der Waals surface area contributed by atoms with Crippen LogP contribution in [0.1, 0.15) is 0 Å². The molecular formula is C13H21N2O2+. The molecule has 0 spiro atoms. The molecule has 0 bridgehead atoms. The average Bonchev–Trinajstić information content (AvgIpc) is 2.32. The Morgan fingerprint density at radius 3 is 2.71 bits per heavy atom. The number of anilines is 1. The van der Waals surface area contributed by atoms with Crippen molar-refractivity contribution < 1.29 is 14.0 Å². The second-order valence-corrected chi connectivity index (χ2v) is 4.79. The van der Waals surface area contributed by atoms with Crippen molar-refractivity contribution in [1.82, 2.24) is 0 Å². The van der Waals surface area contributed by atoms with E-state index >= 15 is 0 Å². The Balaban J connectivity index is 1.81. The lowest BCUT2D eigenvalue weighted by Gasteiger charge is -2.37. The largest absolute Gasteiger partial charge is 0.486 e. The van der Waals surface area contributed by atoms with Gasteiger partial charge in [0.05, 0.1) is 25.9 Å². The second kappa shape index (κ2) is 5.38. The Kier molecular flexibility index (Phi) is 3.86. The van der Waals surface area contributed by atoms with Gasteiger partial charge in [0, 0.05) is 0 Å². The molecule has 0 aliphatic carbocycles. The third kappa shape index (κ3) is 3.35. The van der Waals surface area contributed by atoms with Gasteiger partial charge in [-0.25, -0.2) is 0 Å². The first kappa shape index (κ1) is 12.2. The molecular weight excluding hydrogens is 216 g/mol. The highest BCUT2D eigenvalue weighted by Crippen LogP contribution is 2.19. The first-order valence-electron chi connectivity index (χ1n) is 6.08. The molecule has 94 valence electrons. The van der Waals surface area contributed by atoms with Gasteiger partial charge in [-0.1, -0.05) is 12.1 Å².